The third-order valence-electron chi connectivity index (χ3n) is 10.4. The molecule has 10 nitrogen and oxygen atoms in total. The quantitative estimate of drug-likeness (QED) is 0.250. The van der Waals surface area contributed by atoms with Crippen molar-refractivity contribution in [2.45, 2.75) is 58.3 Å². The summed E-state index contributed by atoms with van der Waals surface area (Å²) in [5.74, 6) is -7.26. The number of hydrogen-bond donors (Lipinski definition) is 5. The normalized spacial score (nSPS) is 35.2. The molecule has 11 heteroatoms. The lowest BCUT2D eigenvalue weighted by Crippen LogP contribution is -2.79. The molecule has 43 heavy (non-hydrogen) atoms. The second-order valence-corrected chi connectivity index (χ2v) is 13.5. The molecule has 5 rings (SSSR count). The first-order chi connectivity index (χ1) is 20.0. The predicted octanol–water partition coefficient (Wildman–Crippen LogP) is 2.63. The van der Waals surface area contributed by atoms with Gasteiger partial charge in [0.15, 0.2) is 17.2 Å². The van der Waals surface area contributed by atoms with Crippen LogP contribution in [0.15, 0.2) is 30.3 Å². The molecule has 3 aliphatic carbocycles. The largest absolute Gasteiger partial charge is 0.507 e. The number of aliphatic hydroxyl groups is 3. The van der Waals surface area contributed by atoms with E-state index in [0.717, 1.165) is 0 Å². The maximum Gasteiger partial charge on any atom is 0.252 e. The molecule has 230 valence electrons. The van der Waals surface area contributed by atoms with Gasteiger partial charge in [-0.2, -0.15) is 0 Å². The van der Waals surface area contributed by atoms with Crippen molar-refractivity contribution in [1.29, 1.82) is 0 Å². The van der Waals surface area contributed by atoms with Crippen LogP contribution in [0.25, 0.3) is 11.1 Å². The number of phenols is 1. The number of Topliss-reactive ketones (excluding diaryl/α,β-unsaturated/α-hetero) is 2. The van der Waals surface area contributed by atoms with Crippen LogP contribution < -0.4 is 10.5 Å². The number of benzene rings is 2. The molecule has 6 N–H and O–H groups in total. The van der Waals surface area contributed by atoms with Crippen LogP contribution >= 0.6 is 11.6 Å². The van der Waals surface area contributed by atoms with E-state index < -0.39 is 69.1 Å². The van der Waals surface area contributed by atoms with Crippen LogP contribution in [-0.4, -0.2) is 68.1 Å². The van der Waals surface area contributed by atoms with Crippen molar-refractivity contribution in [2.24, 2.45) is 40.2 Å². The Hall–Kier alpha value is -3.31. The van der Waals surface area contributed by atoms with Gasteiger partial charge in [0.05, 0.1) is 24.7 Å². The zero-order valence-electron chi connectivity index (χ0n) is 24.6. The lowest BCUT2D eigenvalue weighted by Gasteiger charge is -2.66. The Labute approximate surface area is 253 Å². The van der Waals surface area contributed by atoms with Gasteiger partial charge in [0.1, 0.15) is 23.5 Å². The molecule has 0 bridgehead atoms. The summed E-state index contributed by atoms with van der Waals surface area (Å²) in [4.78, 5) is 52.6. The number of nitrogens with two attached hydrogens (primary N) is 1. The third kappa shape index (κ3) is 4.10. The molecular weight excluding hydrogens is 578 g/mol. The Morgan fingerprint density at radius 1 is 1.09 bits per heavy atom. The van der Waals surface area contributed by atoms with Crippen LogP contribution in [0.1, 0.15) is 60.4 Å². The van der Waals surface area contributed by atoms with Gasteiger partial charge in [0.2, 0.25) is 5.91 Å². The average Bonchev–Trinajstić information content (AvgIpc) is 2.90. The molecule has 0 aromatic heterocycles. The molecule has 0 radical (unpaired) electrons. The molecule has 1 amide bonds. The zero-order chi connectivity index (χ0) is 32.0. The van der Waals surface area contributed by atoms with E-state index in [9.17, 15) is 39.6 Å². The van der Waals surface area contributed by atoms with Crippen molar-refractivity contribution in [1.82, 2.24) is 0 Å². The van der Waals surface area contributed by atoms with Crippen LogP contribution in [0.5, 0.6) is 11.5 Å². The van der Waals surface area contributed by atoms with E-state index in [0.29, 0.717) is 22.4 Å². The summed E-state index contributed by atoms with van der Waals surface area (Å²) in [6.45, 7) is 6.93. The van der Waals surface area contributed by atoms with Crippen LogP contribution in [0.4, 0.5) is 0 Å². The summed E-state index contributed by atoms with van der Waals surface area (Å²) in [5.41, 5.74) is 1.83. The maximum atomic E-state index is 14.3. The number of phenolic OH excluding ortho intramolecular Hbond substituents is 1. The van der Waals surface area contributed by atoms with E-state index in [2.05, 4.69) is 0 Å². The Morgan fingerprint density at radius 2 is 1.74 bits per heavy atom. The summed E-state index contributed by atoms with van der Waals surface area (Å²) in [6.07, 6.45) is -3.38. The van der Waals surface area contributed by atoms with Gasteiger partial charge in [-0.1, -0.05) is 33.8 Å². The van der Waals surface area contributed by atoms with Gasteiger partial charge in [0.25, 0.3) is 5.24 Å². The molecule has 0 spiro atoms. The number of methoxy groups -OCH3 is 1. The molecule has 2 aromatic rings. The topological polar surface area (TPSA) is 184 Å². The smallest absolute Gasteiger partial charge is 0.252 e. The fourth-order valence-corrected chi connectivity index (χ4v) is 8.94. The predicted molar refractivity (Wildman–Crippen MR) is 156 cm³/mol. The van der Waals surface area contributed by atoms with Gasteiger partial charge < -0.3 is 30.9 Å². The number of ether oxygens (including phenoxy) is 1. The number of rotatable bonds is 5. The number of fused-ring (bicyclic) bond motifs is 3. The highest BCUT2D eigenvalue weighted by atomic mass is 35.5. The van der Waals surface area contributed by atoms with E-state index in [1.54, 1.807) is 39.8 Å². The first-order valence-electron chi connectivity index (χ1n) is 14.2. The number of carbonyl (C=O) groups is 4. The van der Waals surface area contributed by atoms with Crippen molar-refractivity contribution >= 4 is 34.3 Å². The minimum absolute atomic E-state index is 0.00692. The second kappa shape index (κ2) is 10.1. The molecule has 8 atom stereocenters. The molecular formula is C32H36ClNO9. The van der Waals surface area contributed by atoms with Crippen molar-refractivity contribution in [3.05, 3.63) is 47.0 Å². The maximum absolute atomic E-state index is 14.3. The van der Waals surface area contributed by atoms with Crippen LogP contribution in [0.3, 0.4) is 0 Å². The van der Waals surface area contributed by atoms with Crippen LogP contribution in [-0.2, 0) is 16.0 Å². The molecule has 2 saturated carbocycles. The number of halogens is 1. The molecule has 2 fully saturated rings. The Balaban J connectivity index is 1.75. The van der Waals surface area contributed by atoms with Gasteiger partial charge >= 0.3 is 0 Å². The Bertz CT molecular complexity index is 1570. The summed E-state index contributed by atoms with van der Waals surface area (Å²) >= 11 is 5.76. The fourth-order valence-electron chi connectivity index (χ4n) is 8.83. The molecule has 0 heterocycles. The summed E-state index contributed by atoms with van der Waals surface area (Å²) < 4.78 is 5.55. The van der Waals surface area contributed by atoms with E-state index in [1.165, 1.54) is 25.3 Å². The molecule has 2 aromatic carbocycles. The summed E-state index contributed by atoms with van der Waals surface area (Å²) in [5, 5.41) is 45.7. The number of ketones is 2. The Kier molecular flexibility index (Phi) is 7.33. The van der Waals surface area contributed by atoms with E-state index in [-0.39, 0.29) is 35.6 Å². The van der Waals surface area contributed by atoms with Crippen LogP contribution in [0, 0.1) is 34.5 Å². The van der Waals surface area contributed by atoms with E-state index in [1.807, 2.05) is 0 Å². The first kappa shape index (κ1) is 31.1. The van der Waals surface area contributed by atoms with Gasteiger partial charge in [-0.3, -0.25) is 19.2 Å². The lowest BCUT2D eigenvalue weighted by molar-refractivity contribution is -0.265. The number of aliphatic hydroxyl groups excluding tert-OH is 2. The highest BCUT2D eigenvalue weighted by molar-refractivity contribution is 6.67. The van der Waals surface area contributed by atoms with Crippen molar-refractivity contribution in [2.75, 3.05) is 7.11 Å². The van der Waals surface area contributed by atoms with Crippen LogP contribution in [0.2, 0.25) is 0 Å². The second-order valence-electron chi connectivity index (χ2n) is 13.2. The number of aromatic hydroxyl groups is 1. The summed E-state index contributed by atoms with van der Waals surface area (Å²) in [6, 6.07) is 7.53. The number of carbonyl (C=O) groups excluding carboxylic acids is 4. The minimum Gasteiger partial charge on any atom is -0.507 e. The van der Waals surface area contributed by atoms with Gasteiger partial charge in [-0.15, -0.1) is 0 Å². The fraction of sp³-hybridized carbons (Fsp3) is 0.500. The van der Waals surface area contributed by atoms with Crippen molar-refractivity contribution in [3.8, 4) is 22.6 Å². The lowest BCUT2D eigenvalue weighted by atomic mass is 9.39. The molecule has 0 saturated heterocycles. The van der Waals surface area contributed by atoms with E-state index >= 15 is 0 Å². The minimum atomic E-state index is -2.59. The van der Waals surface area contributed by atoms with Gasteiger partial charge in [-0.05, 0) is 77.1 Å². The average molecular weight is 614 g/mol. The van der Waals surface area contributed by atoms with Crippen molar-refractivity contribution < 1.29 is 44.3 Å². The molecule has 2 unspecified atom stereocenters. The van der Waals surface area contributed by atoms with Gasteiger partial charge in [0, 0.05) is 16.5 Å². The molecule has 0 aliphatic heterocycles. The number of primary amides is 1. The van der Waals surface area contributed by atoms with E-state index in [4.69, 9.17) is 22.1 Å². The number of amides is 1. The SMILES string of the molecule is COc1ccc(C(=O)Cl)cc1-c1ccc(O)c2c1C[C@]1(C)C[C@]3(C)[C@@H](C(C)C)C(O)[C@@H](C(N)=O)C(=O)[C@]3(O)C(O)[C@H]1C2=O. The zero-order valence-corrected chi connectivity index (χ0v) is 25.3. The van der Waals surface area contributed by atoms with Gasteiger partial charge in [-0.25, -0.2) is 0 Å². The monoisotopic (exact) mass is 613 g/mol. The highest BCUT2D eigenvalue weighted by Gasteiger charge is 2.75. The first-order valence-corrected chi connectivity index (χ1v) is 14.5. The molecule has 3 aliphatic rings. The number of hydrogen-bond acceptors (Lipinski definition) is 9. The third-order valence-corrected chi connectivity index (χ3v) is 10.6. The highest BCUT2D eigenvalue weighted by Crippen LogP contribution is 2.66. The van der Waals surface area contributed by atoms with Crippen molar-refractivity contribution in [3.63, 3.8) is 0 Å². The standard InChI is InChI=1S/C32H36ClNO9/c1-13(2)22-25(37)21(29(34)41)26(38)32(42)27(39)23-24(36)20-17(11-30(23,3)12-31(22,32)4)15(7-8-18(20)35)16-10-14(28(33)40)6-9-19(16)43-5/h6-10,13,21-23,25,27,35,37,39,42H,11-12H2,1-5H3,(H2,34,41)/t21-,22+,23-,25?,27?,30-,31-,32+/m1/s1. The Morgan fingerprint density at radius 3 is 2.30 bits per heavy atom. The summed E-state index contributed by atoms with van der Waals surface area (Å²) in [7, 11) is 1.45.